The van der Waals surface area contributed by atoms with Crippen LogP contribution in [-0.2, 0) is 6.54 Å². The Balaban J connectivity index is 2.13. The lowest BCUT2D eigenvalue weighted by atomic mass is 10.1. The molecule has 0 aliphatic rings. The number of aromatic nitrogens is 2. The normalized spacial score (nSPS) is 12.4. The molecule has 1 aromatic carbocycles. The second-order valence-electron chi connectivity index (χ2n) is 4.60. The first-order chi connectivity index (χ1) is 9.65. The van der Waals surface area contributed by atoms with Gasteiger partial charge < -0.3 is 10.1 Å². The fraction of sp³-hybridized carbons (Fsp3) is 0.400. The first-order valence-electron chi connectivity index (χ1n) is 6.73. The van der Waals surface area contributed by atoms with Gasteiger partial charge >= 0.3 is 0 Å². The molecule has 2 aromatic rings. The predicted octanol–water partition coefficient (Wildman–Crippen LogP) is 3.20. The molecule has 108 valence electrons. The Hall–Kier alpha value is -1.52. The van der Waals surface area contributed by atoms with Crippen molar-refractivity contribution in [1.29, 1.82) is 0 Å². The van der Waals surface area contributed by atoms with Crippen molar-refractivity contribution in [1.82, 2.24) is 15.1 Å². The highest BCUT2D eigenvalue weighted by Gasteiger charge is 2.13. The third-order valence-corrected chi connectivity index (χ3v) is 3.71. The van der Waals surface area contributed by atoms with Crippen LogP contribution in [0.5, 0.6) is 5.75 Å². The van der Waals surface area contributed by atoms with E-state index in [0.29, 0.717) is 11.6 Å². The largest absolute Gasteiger partial charge is 0.494 e. The molecule has 0 aliphatic heterocycles. The summed E-state index contributed by atoms with van der Waals surface area (Å²) in [5.74, 6) is 0.893. The van der Waals surface area contributed by atoms with Crippen LogP contribution in [0.15, 0.2) is 30.5 Å². The van der Waals surface area contributed by atoms with Gasteiger partial charge in [-0.15, -0.1) is 0 Å². The van der Waals surface area contributed by atoms with Crippen LogP contribution in [0.3, 0.4) is 0 Å². The maximum absolute atomic E-state index is 6.04. The number of ether oxygens (including phenoxy) is 1. The molecule has 1 atom stereocenters. The van der Waals surface area contributed by atoms with Crippen molar-refractivity contribution in [3.63, 3.8) is 0 Å². The van der Waals surface area contributed by atoms with E-state index in [1.807, 2.05) is 37.7 Å². The molecule has 5 heteroatoms. The van der Waals surface area contributed by atoms with Crippen molar-refractivity contribution in [3.8, 4) is 5.75 Å². The maximum Gasteiger partial charge on any atom is 0.119 e. The summed E-state index contributed by atoms with van der Waals surface area (Å²) in [5, 5.41) is 8.31. The molecule has 0 bridgehead atoms. The minimum absolute atomic E-state index is 0.181. The molecule has 20 heavy (non-hydrogen) atoms. The van der Waals surface area contributed by atoms with E-state index in [0.717, 1.165) is 18.0 Å². The lowest BCUT2D eigenvalue weighted by Gasteiger charge is -2.18. The average Bonchev–Trinajstić information content (AvgIpc) is 2.78. The smallest absolute Gasteiger partial charge is 0.119 e. The van der Waals surface area contributed by atoms with Crippen molar-refractivity contribution < 1.29 is 4.74 Å². The molecular weight excluding hydrogens is 274 g/mol. The zero-order chi connectivity index (χ0) is 14.5. The van der Waals surface area contributed by atoms with Crippen LogP contribution in [0, 0.1) is 6.92 Å². The summed E-state index contributed by atoms with van der Waals surface area (Å²) in [6.07, 6.45) is 1.68. The zero-order valence-electron chi connectivity index (χ0n) is 12.1. The summed E-state index contributed by atoms with van der Waals surface area (Å²) in [6.45, 7) is 5.37. The first kappa shape index (κ1) is 14.9. The van der Waals surface area contributed by atoms with Gasteiger partial charge in [0.1, 0.15) is 5.75 Å². The third-order valence-electron chi connectivity index (χ3n) is 3.34. The van der Waals surface area contributed by atoms with Gasteiger partial charge in [0.15, 0.2) is 0 Å². The van der Waals surface area contributed by atoms with E-state index in [2.05, 4.69) is 22.5 Å². The van der Waals surface area contributed by atoms with Gasteiger partial charge in [0.2, 0.25) is 0 Å². The van der Waals surface area contributed by atoms with E-state index < -0.39 is 0 Å². The molecule has 0 aliphatic carbocycles. The van der Waals surface area contributed by atoms with Crippen molar-refractivity contribution in [2.75, 3.05) is 13.7 Å². The van der Waals surface area contributed by atoms with Gasteiger partial charge in [-0.3, -0.25) is 4.68 Å². The third kappa shape index (κ3) is 3.32. The molecule has 1 heterocycles. The summed E-state index contributed by atoms with van der Waals surface area (Å²) < 4.78 is 7.38. The Morgan fingerprint density at radius 2 is 2.05 bits per heavy atom. The predicted molar refractivity (Wildman–Crippen MR) is 81.4 cm³/mol. The second kappa shape index (κ2) is 6.77. The first-order valence-corrected chi connectivity index (χ1v) is 7.11. The van der Waals surface area contributed by atoms with Crippen molar-refractivity contribution in [2.45, 2.75) is 26.4 Å². The fourth-order valence-corrected chi connectivity index (χ4v) is 2.25. The molecule has 0 saturated carbocycles. The number of hydrogen-bond acceptors (Lipinski definition) is 3. The number of rotatable bonds is 6. The summed E-state index contributed by atoms with van der Waals surface area (Å²) in [7, 11) is 1.95. The summed E-state index contributed by atoms with van der Waals surface area (Å²) in [4.78, 5) is 0. The SMILES string of the molecule is CCOc1ccc(C(Cn2ncc(Cl)c2C)NC)cc1. The molecule has 1 unspecified atom stereocenters. The van der Waals surface area contributed by atoms with Crippen LogP contribution in [0.2, 0.25) is 5.02 Å². The van der Waals surface area contributed by atoms with Gasteiger partial charge in [-0.2, -0.15) is 5.10 Å². The van der Waals surface area contributed by atoms with E-state index in [4.69, 9.17) is 16.3 Å². The number of nitrogens with one attached hydrogen (secondary N) is 1. The molecule has 0 saturated heterocycles. The number of likely N-dealkylation sites (N-methyl/N-ethyl adjacent to an activating group) is 1. The quantitative estimate of drug-likeness (QED) is 0.889. The van der Waals surface area contributed by atoms with Crippen molar-refractivity contribution in [2.24, 2.45) is 0 Å². The highest BCUT2D eigenvalue weighted by Crippen LogP contribution is 2.21. The highest BCUT2D eigenvalue weighted by atomic mass is 35.5. The monoisotopic (exact) mass is 293 g/mol. The molecule has 0 radical (unpaired) electrons. The summed E-state index contributed by atoms with van der Waals surface area (Å²) >= 11 is 6.04. The standard InChI is InChI=1S/C15H20ClN3O/c1-4-20-13-7-5-12(6-8-13)15(17-3)10-19-11(2)14(16)9-18-19/h5-9,15,17H,4,10H2,1-3H3. The Morgan fingerprint density at radius 1 is 1.35 bits per heavy atom. The second-order valence-corrected chi connectivity index (χ2v) is 5.01. The Kier molecular flexibility index (Phi) is 5.04. The van der Waals surface area contributed by atoms with Crippen LogP contribution in [-0.4, -0.2) is 23.4 Å². The Labute approximate surface area is 124 Å². The Bertz CT molecular complexity index is 551. The van der Waals surface area contributed by atoms with E-state index >= 15 is 0 Å². The number of hydrogen-bond donors (Lipinski definition) is 1. The van der Waals surface area contributed by atoms with Gasteiger partial charge in [0, 0.05) is 0 Å². The van der Waals surface area contributed by atoms with Crippen LogP contribution in [0.4, 0.5) is 0 Å². The molecule has 4 nitrogen and oxygen atoms in total. The molecule has 1 aromatic heterocycles. The van der Waals surface area contributed by atoms with Crippen LogP contribution in [0.1, 0.15) is 24.2 Å². The number of benzene rings is 1. The maximum atomic E-state index is 6.04. The molecule has 0 spiro atoms. The van der Waals surface area contributed by atoms with E-state index in [9.17, 15) is 0 Å². The minimum atomic E-state index is 0.181. The van der Waals surface area contributed by atoms with Gasteiger partial charge in [-0.1, -0.05) is 23.7 Å². The lowest BCUT2D eigenvalue weighted by molar-refractivity contribution is 0.340. The summed E-state index contributed by atoms with van der Waals surface area (Å²) in [5.41, 5.74) is 2.18. The average molecular weight is 294 g/mol. The summed E-state index contributed by atoms with van der Waals surface area (Å²) in [6, 6.07) is 8.32. The van der Waals surface area contributed by atoms with Crippen LogP contribution >= 0.6 is 11.6 Å². The van der Waals surface area contributed by atoms with E-state index in [-0.39, 0.29) is 6.04 Å². The molecular formula is C15H20ClN3O. The van der Waals surface area contributed by atoms with E-state index in [1.165, 1.54) is 5.56 Å². The number of nitrogens with zero attached hydrogens (tertiary/aromatic N) is 2. The zero-order valence-corrected chi connectivity index (χ0v) is 12.8. The minimum Gasteiger partial charge on any atom is -0.494 e. The topological polar surface area (TPSA) is 39.1 Å². The van der Waals surface area contributed by atoms with Gasteiger partial charge in [-0.05, 0) is 38.6 Å². The number of halogens is 1. The molecule has 0 amide bonds. The van der Waals surface area contributed by atoms with Crippen LogP contribution < -0.4 is 10.1 Å². The fourth-order valence-electron chi connectivity index (χ4n) is 2.11. The van der Waals surface area contributed by atoms with Crippen molar-refractivity contribution in [3.05, 3.63) is 46.7 Å². The van der Waals surface area contributed by atoms with E-state index in [1.54, 1.807) is 6.20 Å². The van der Waals surface area contributed by atoms with Gasteiger partial charge in [-0.25, -0.2) is 0 Å². The highest BCUT2D eigenvalue weighted by molar-refractivity contribution is 6.31. The molecule has 2 rings (SSSR count). The molecule has 0 fully saturated rings. The van der Waals surface area contributed by atoms with Crippen LogP contribution in [0.25, 0.3) is 0 Å². The molecule has 1 N–H and O–H groups in total. The van der Waals surface area contributed by atoms with Gasteiger partial charge in [0.05, 0.1) is 36.1 Å². The lowest BCUT2D eigenvalue weighted by Crippen LogP contribution is -2.23. The Morgan fingerprint density at radius 3 is 2.55 bits per heavy atom. The van der Waals surface area contributed by atoms with Crippen molar-refractivity contribution >= 4 is 11.6 Å². The van der Waals surface area contributed by atoms with Gasteiger partial charge in [0.25, 0.3) is 0 Å².